The Kier molecular flexibility index (Phi) is 3.95. The molecule has 1 atom stereocenters. The molecule has 0 spiro atoms. The van der Waals surface area contributed by atoms with E-state index in [1.807, 2.05) is 0 Å². The lowest BCUT2D eigenvalue weighted by molar-refractivity contribution is 0.626. The molecule has 0 aromatic heterocycles. The van der Waals surface area contributed by atoms with Crippen LogP contribution in [0.2, 0.25) is 0 Å². The summed E-state index contributed by atoms with van der Waals surface area (Å²) in [4.78, 5) is 0. The molecule has 0 heterocycles. The van der Waals surface area contributed by atoms with Crippen LogP contribution < -0.4 is 0 Å². The fourth-order valence-electron chi connectivity index (χ4n) is 3.45. The molecule has 3 rings (SSSR count). The molecule has 0 saturated carbocycles. The standard InChI is InChI=1S/C22H25/c1-6-14(2)22-20-10-8-7-9-18(20)13-21(22)19-12-11-15(3)16(4)17(19)5/h7-14H,6H2,1-5H3. The van der Waals surface area contributed by atoms with Gasteiger partial charge in [0.15, 0.2) is 0 Å². The van der Waals surface area contributed by atoms with Crippen molar-refractivity contribution in [3.8, 4) is 0 Å². The molecule has 1 radical (unpaired) electrons. The van der Waals surface area contributed by atoms with Crippen LogP contribution in [0.3, 0.4) is 0 Å². The van der Waals surface area contributed by atoms with Crippen LogP contribution in [0.5, 0.6) is 0 Å². The molecule has 22 heavy (non-hydrogen) atoms. The summed E-state index contributed by atoms with van der Waals surface area (Å²) in [5.74, 6) is 2.10. The summed E-state index contributed by atoms with van der Waals surface area (Å²) >= 11 is 0. The van der Waals surface area contributed by atoms with Crippen molar-refractivity contribution in [2.24, 2.45) is 5.92 Å². The summed E-state index contributed by atoms with van der Waals surface area (Å²) in [6.45, 7) is 11.3. The Labute approximate surface area is 134 Å². The van der Waals surface area contributed by atoms with Gasteiger partial charge in [0.25, 0.3) is 0 Å². The van der Waals surface area contributed by atoms with Gasteiger partial charge in [0, 0.05) is 5.92 Å². The Balaban J connectivity index is 2.16. The zero-order valence-electron chi connectivity index (χ0n) is 14.3. The van der Waals surface area contributed by atoms with Gasteiger partial charge >= 0.3 is 0 Å². The lowest BCUT2D eigenvalue weighted by atomic mass is 9.79. The summed E-state index contributed by atoms with van der Waals surface area (Å²) in [6, 6.07) is 13.4. The first kappa shape index (κ1) is 15.1. The molecule has 2 aromatic rings. The van der Waals surface area contributed by atoms with E-state index in [1.54, 1.807) is 0 Å². The minimum absolute atomic E-state index is 0.580. The van der Waals surface area contributed by atoms with Crippen LogP contribution in [0.4, 0.5) is 0 Å². The van der Waals surface area contributed by atoms with Crippen LogP contribution in [0.25, 0.3) is 11.6 Å². The maximum Gasteiger partial charge on any atom is 0.0380 e. The van der Waals surface area contributed by atoms with Gasteiger partial charge in [0.05, 0.1) is 0 Å². The van der Waals surface area contributed by atoms with Gasteiger partial charge in [0.2, 0.25) is 0 Å². The van der Waals surface area contributed by atoms with Crippen molar-refractivity contribution in [3.05, 3.63) is 75.7 Å². The molecule has 0 aliphatic heterocycles. The van der Waals surface area contributed by atoms with E-state index in [0.717, 1.165) is 0 Å². The number of hydrogen-bond acceptors (Lipinski definition) is 0. The Morgan fingerprint density at radius 3 is 2.32 bits per heavy atom. The molecule has 1 unspecified atom stereocenters. The number of hydrogen-bond donors (Lipinski definition) is 0. The van der Waals surface area contributed by atoms with Crippen LogP contribution in [-0.2, 0) is 0 Å². The van der Waals surface area contributed by atoms with Gasteiger partial charge in [-0.3, -0.25) is 0 Å². The van der Waals surface area contributed by atoms with Crippen LogP contribution in [0.15, 0.2) is 36.4 Å². The van der Waals surface area contributed by atoms with E-state index in [0.29, 0.717) is 5.92 Å². The van der Waals surface area contributed by atoms with Crippen molar-refractivity contribution in [2.75, 3.05) is 0 Å². The quantitative estimate of drug-likeness (QED) is 0.637. The van der Waals surface area contributed by atoms with Gasteiger partial charge in [0.1, 0.15) is 0 Å². The maximum atomic E-state index is 2.38. The highest BCUT2D eigenvalue weighted by molar-refractivity contribution is 5.99. The topological polar surface area (TPSA) is 0 Å². The number of benzene rings is 2. The fraction of sp³-hybridized carbons (Fsp3) is 0.318. The lowest BCUT2D eigenvalue weighted by Crippen LogP contribution is -2.11. The van der Waals surface area contributed by atoms with Crippen molar-refractivity contribution in [3.63, 3.8) is 0 Å². The number of rotatable bonds is 3. The average molecular weight is 289 g/mol. The zero-order valence-corrected chi connectivity index (χ0v) is 14.3. The smallest absolute Gasteiger partial charge is 0.0380 e. The van der Waals surface area contributed by atoms with Crippen molar-refractivity contribution < 1.29 is 0 Å². The lowest BCUT2D eigenvalue weighted by Gasteiger charge is -2.24. The van der Waals surface area contributed by atoms with Crippen molar-refractivity contribution in [2.45, 2.75) is 41.0 Å². The third-order valence-electron chi connectivity index (χ3n) is 5.29. The summed E-state index contributed by atoms with van der Waals surface area (Å²) in [6.07, 6.45) is 3.55. The summed E-state index contributed by atoms with van der Waals surface area (Å²) in [5, 5.41) is 0. The Morgan fingerprint density at radius 1 is 0.864 bits per heavy atom. The van der Waals surface area contributed by atoms with Gasteiger partial charge in [-0.1, -0.05) is 56.7 Å². The van der Waals surface area contributed by atoms with E-state index in [9.17, 15) is 0 Å². The molecule has 0 fully saturated rings. The van der Waals surface area contributed by atoms with Crippen LogP contribution >= 0.6 is 0 Å². The first-order valence-electron chi connectivity index (χ1n) is 8.30. The SMILES string of the molecule is CCC(C)[C]1C(c2ccc(C)c(C)c2C)=Cc2ccccc21. The summed E-state index contributed by atoms with van der Waals surface area (Å²) in [5.41, 5.74) is 9.82. The number of aryl methyl sites for hydroxylation is 1. The van der Waals surface area contributed by atoms with Gasteiger partial charge in [-0.2, -0.15) is 0 Å². The minimum atomic E-state index is 0.580. The van der Waals surface area contributed by atoms with Crippen molar-refractivity contribution >= 4 is 11.6 Å². The van der Waals surface area contributed by atoms with Gasteiger partial charge < -0.3 is 0 Å². The highest BCUT2D eigenvalue weighted by atomic mass is 14.3. The summed E-state index contributed by atoms with van der Waals surface area (Å²) < 4.78 is 0. The number of allylic oxidation sites excluding steroid dienone is 1. The summed E-state index contributed by atoms with van der Waals surface area (Å²) in [7, 11) is 0. The average Bonchev–Trinajstić information content (AvgIpc) is 2.91. The zero-order chi connectivity index (χ0) is 15.9. The molecular formula is C22H25. The third kappa shape index (κ3) is 2.31. The Morgan fingerprint density at radius 2 is 1.59 bits per heavy atom. The van der Waals surface area contributed by atoms with Gasteiger partial charge in [-0.25, -0.2) is 0 Å². The van der Waals surface area contributed by atoms with E-state index in [2.05, 4.69) is 77.1 Å². The molecule has 0 bridgehead atoms. The largest absolute Gasteiger partial charge is 0.0651 e. The predicted octanol–water partition coefficient (Wildman–Crippen LogP) is 6.13. The third-order valence-corrected chi connectivity index (χ3v) is 5.29. The number of fused-ring (bicyclic) bond motifs is 1. The van der Waals surface area contributed by atoms with Gasteiger partial charge in [-0.15, -0.1) is 0 Å². The molecule has 0 amide bonds. The second-order valence-corrected chi connectivity index (χ2v) is 6.55. The molecule has 1 aliphatic carbocycles. The van der Waals surface area contributed by atoms with Crippen LogP contribution in [0.1, 0.15) is 53.6 Å². The first-order chi connectivity index (χ1) is 10.5. The Hall–Kier alpha value is -1.82. The second kappa shape index (κ2) is 5.76. The van der Waals surface area contributed by atoms with E-state index in [4.69, 9.17) is 0 Å². The maximum absolute atomic E-state index is 2.38. The monoisotopic (exact) mass is 289 g/mol. The Bertz CT molecular complexity index is 734. The van der Waals surface area contributed by atoms with E-state index >= 15 is 0 Å². The van der Waals surface area contributed by atoms with E-state index < -0.39 is 0 Å². The van der Waals surface area contributed by atoms with Crippen molar-refractivity contribution in [1.82, 2.24) is 0 Å². The highest BCUT2D eigenvalue weighted by Gasteiger charge is 2.31. The second-order valence-electron chi connectivity index (χ2n) is 6.55. The molecule has 0 nitrogen and oxygen atoms in total. The van der Waals surface area contributed by atoms with Crippen LogP contribution in [-0.4, -0.2) is 0 Å². The highest BCUT2D eigenvalue weighted by Crippen LogP contribution is 2.47. The normalized spacial score (nSPS) is 15.6. The first-order valence-corrected chi connectivity index (χ1v) is 8.30. The van der Waals surface area contributed by atoms with E-state index in [-0.39, 0.29) is 0 Å². The fourth-order valence-corrected chi connectivity index (χ4v) is 3.45. The van der Waals surface area contributed by atoms with Crippen molar-refractivity contribution in [1.29, 1.82) is 0 Å². The van der Waals surface area contributed by atoms with E-state index in [1.165, 1.54) is 51.3 Å². The molecular weight excluding hydrogens is 264 g/mol. The van der Waals surface area contributed by atoms with Gasteiger partial charge in [-0.05, 0) is 71.7 Å². The molecule has 0 saturated heterocycles. The predicted molar refractivity (Wildman–Crippen MR) is 96.8 cm³/mol. The minimum Gasteiger partial charge on any atom is -0.0651 e. The molecule has 113 valence electrons. The molecule has 0 heteroatoms. The molecule has 1 aliphatic rings. The van der Waals surface area contributed by atoms with Crippen LogP contribution in [0, 0.1) is 32.6 Å². The molecule has 2 aromatic carbocycles. The molecule has 0 N–H and O–H groups in total.